The Bertz CT molecular complexity index is 870. The van der Waals surface area contributed by atoms with Gasteiger partial charge in [0.05, 0.1) is 17.2 Å². The SMILES string of the molecule is O=C1CCC(N2C(=O)c3ccc(C#CCCCN4CCNCC4)cc3C2=O)CN1. The number of carbonyl (C=O) groups excluding carboxylic acids is 3. The number of rotatable bonds is 4. The number of piperazine rings is 1. The number of unbranched alkanes of at least 4 members (excludes halogenated alkanes) is 1. The van der Waals surface area contributed by atoms with Crippen LogP contribution in [0, 0.1) is 11.8 Å². The predicted molar refractivity (Wildman–Crippen MR) is 108 cm³/mol. The lowest BCUT2D eigenvalue weighted by atomic mass is 10.1. The van der Waals surface area contributed by atoms with Gasteiger partial charge in [0, 0.05) is 51.1 Å². The molecule has 0 radical (unpaired) electrons. The van der Waals surface area contributed by atoms with Gasteiger partial charge in [0.15, 0.2) is 0 Å². The lowest BCUT2D eigenvalue weighted by Crippen LogP contribution is -2.50. The first-order valence-electron chi connectivity index (χ1n) is 10.3. The van der Waals surface area contributed by atoms with E-state index in [1.807, 2.05) is 0 Å². The topological polar surface area (TPSA) is 81.8 Å². The van der Waals surface area contributed by atoms with Gasteiger partial charge in [-0.2, -0.15) is 0 Å². The van der Waals surface area contributed by atoms with Crippen molar-refractivity contribution in [2.24, 2.45) is 0 Å². The summed E-state index contributed by atoms with van der Waals surface area (Å²) in [6.45, 7) is 5.67. The van der Waals surface area contributed by atoms with E-state index in [4.69, 9.17) is 0 Å². The maximum absolute atomic E-state index is 12.8. The minimum Gasteiger partial charge on any atom is -0.354 e. The summed E-state index contributed by atoms with van der Waals surface area (Å²) in [5.41, 5.74) is 1.60. The van der Waals surface area contributed by atoms with Gasteiger partial charge in [-0.05, 0) is 37.6 Å². The summed E-state index contributed by atoms with van der Waals surface area (Å²) >= 11 is 0. The van der Waals surface area contributed by atoms with Crippen molar-refractivity contribution in [3.05, 3.63) is 34.9 Å². The molecular weight excluding hydrogens is 368 g/mol. The van der Waals surface area contributed by atoms with Crippen molar-refractivity contribution >= 4 is 17.7 Å². The lowest BCUT2D eigenvalue weighted by Gasteiger charge is -2.29. The van der Waals surface area contributed by atoms with Crippen LogP contribution in [-0.4, -0.2) is 72.8 Å². The summed E-state index contributed by atoms with van der Waals surface area (Å²) in [6.07, 6.45) is 2.68. The summed E-state index contributed by atoms with van der Waals surface area (Å²) in [4.78, 5) is 40.6. The number of benzene rings is 1. The molecular formula is C22H26N4O3. The van der Waals surface area contributed by atoms with Crippen molar-refractivity contribution < 1.29 is 14.4 Å². The van der Waals surface area contributed by atoms with E-state index < -0.39 is 0 Å². The zero-order valence-electron chi connectivity index (χ0n) is 16.5. The van der Waals surface area contributed by atoms with E-state index in [0.717, 1.165) is 51.1 Å². The molecule has 29 heavy (non-hydrogen) atoms. The smallest absolute Gasteiger partial charge is 0.261 e. The maximum atomic E-state index is 12.8. The van der Waals surface area contributed by atoms with E-state index in [2.05, 4.69) is 27.4 Å². The Kier molecular flexibility index (Phi) is 5.93. The van der Waals surface area contributed by atoms with Crippen molar-refractivity contribution in [3.8, 4) is 11.8 Å². The summed E-state index contributed by atoms with van der Waals surface area (Å²) in [5, 5.41) is 6.09. The quantitative estimate of drug-likeness (QED) is 0.444. The van der Waals surface area contributed by atoms with Crippen LogP contribution >= 0.6 is 0 Å². The van der Waals surface area contributed by atoms with Crippen LogP contribution in [0.25, 0.3) is 0 Å². The van der Waals surface area contributed by atoms with E-state index in [9.17, 15) is 14.4 Å². The monoisotopic (exact) mass is 394 g/mol. The molecule has 3 amide bonds. The molecule has 3 aliphatic heterocycles. The molecule has 2 N–H and O–H groups in total. The number of piperidine rings is 1. The molecule has 1 aromatic rings. The molecule has 0 aromatic heterocycles. The molecule has 0 bridgehead atoms. The standard InChI is InChI=1S/C22H26N4O3/c27-20-8-6-17(15-24-20)26-21(28)18-7-5-16(14-19(18)22(26)29)4-2-1-3-11-25-12-9-23-10-13-25/h5,7,14,17,23H,1,3,6,8-13,15H2,(H,24,27). The molecule has 0 aliphatic carbocycles. The van der Waals surface area contributed by atoms with E-state index in [1.165, 1.54) is 4.90 Å². The molecule has 4 rings (SSSR count). The van der Waals surface area contributed by atoms with Gasteiger partial charge >= 0.3 is 0 Å². The van der Waals surface area contributed by atoms with Crippen LogP contribution in [0.15, 0.2) is 18.2 Å². The van der Waals surface area contributed by atoms with Gasteiger partial charge in [-0.3, -0.25) is 19.3 Å². The first-order valence-corrected chi connectivity index (χ1v) is 10.3. The fourth-order valence-corrected chi connectivity index (χ4v) is 4.10. The van der Waals surface area contributed by atoms with Crippen LogP contribution in [0.1, 0.15) is 52.0 Å². The van der Waals surface area contributed by atoms with Crippen molar-refractivity contribution in [3.63, 3.8) is 0 Å². The normalized spacial score (nSPS) is 22.1. The number of nitrogens with zero attached hydrogens (tertiary/aromatic N) is 2. The minimum absolute atomic E-state index is 0.0348. The molecule has 3 heterocycles. The van der Waals surface area contributed by atoms with Gasteiger partial charge in [0.1, 0.15) is 0 Å². The number of fused-ring (bicyclic) bond motifs is 1. The molecule has 1 aromatic carbocycles. The van der Waals surface area contributed by atoms with Gasteiger partial charge in [-0.1, -0.05) is 11.8 Å². The molecule has 1 unspecified atom stereocenters. The number of amides is 3. The highest BCUT2D eigenvalue weighted by atomic mass is 16.2. The van der Waals surface area contributed by atoms with E-state index in [0.29, 0.717) is 30.5 Å². The summed E-state index contributed by atoms with van der Waals surface area (Å²) < 4.78 is 0. The number of nitrogens with one attached hydrogen (secondary N) is 2. The van der Waals surface area contributed by atoms with Gasteiger partial charge in [0.25, 0.3) is 11.8 Å². The Morgan fingerprint density at radius 3 is 2.62 bits per heavy atom. The van der Waals surface area contributed by atoms with Gasteiger partial charge in [-0.25, -0.2) is 0 Å². The van der Waals surface area contributed by atoms with E-state index >= 15 is 0 Å². The Labute approximate surface area is 170 Å². The highest BCUT2D eigenvalue weighted by Crippen LogP contribution is 2.27. The molecule has 7 nitrogen and oxygen atoms in total. The highest BCUT2D eigenvalue weighted by molar-refractivity contribution is 6.21. The van der Waals surface area contributed by atoms with Crippen LogP contribution in [0.4, 0.5) is 0 Å². The van der Waals surface area contributed by atoms with Gasteiger partial charge in [0.2, 0.25) is 5.91 Å². The zero-order chi connectivity index (χ0) is 20.2. The maximum Gasteiger partial charge on any atom is 0.261 e. The first kappa shape index (κ1) is 19.6. The second kappa shape index (κ2) is 8.76. The second-order valence-electron chi connectivity index (χ2n) is 7.73. The van der Waals surface area contributed by atoms with Crippen LogP contribution in [0.2, 0.25) is 0 Å². The Morgan fingerprint density at radius 1 is 1.07 bits per heavy atom. The molecule has 2 saturated heterocycles. The summed E-state index contributed by atoms with van der Waals surface area (Å²) in [5.74, 6) is 5.72. The average molecular weight is 394 g/mol. The fraction of sp³-hybridized carbons (Fsp3) is 0.500. The van der Waals surface area contributed by atoms with E-state index in [1.54, 1.807) is 18.2 Å². The number of hydrogen-bond donors (Lipinski definition) is 2. The Hall–Kier alpha value is -2.69. The van der Waals surface area contributed by atoms with E-state index in [-0.39, 0.29) is 23.8 Å². The predicted octanol–water partition coefficient (Wildman–Crippen LogP) is 0.598. The van der Waals surface area contributed by atoms with Crippen LogP contribution < -0.4 is 10.6 Å². The molecule has 2 fully saturated rings. The van der Waals surface area contributed by atoms with Gasteiger partial charge in [-0.15, -0.1) is 0 Å². The van der Waals surface area contributed by atoms with Crippen LogP contribution in [-0.2, 0) is 4.79 Å². The van der Waals surface area contributed by atoms with Crippen molar-refractivity contribution in [2.75, 3.05) is 39.3 Å². The molecule has 3 aliphatic rings. The molecule has 152 valence electrons. The average Bonchev–Trinajstić information content (AvgIpc) is 2.99. The van der Waals surface area contributed by atoms with Crippen molar-refractivity contribution in [1.29, 1.82) is 0 Å². The third kappa shape index (κ3) is 4.34. The summed E-state index contributed by atoms with van der Waals surface area (Å²) in [6, 6.07) is 4.95. The first-order chi connectivity index (χ1) is 14.1. The zero-order valence-corrected chi connectivity index (χ0v) is 16.5. The molecule has 0 spiro atoms. The lowest BCUT2D eigenvalue weighted by molar-refractivity contribution is -0.123. The highest BCUT2D eigenvalue weighted by Gasteiger charge is 2.41. The van der Waals surface area contributed by atoms with Crippen molar-refractivity contribution in [1.82, 2.24) is 20.4 Å². The number of imide groups is 1. The third-order valence-electron chi connectivity index (χ3n) is 5.74. The fourth-order valence-electron chi connectivity index (χ4n) is 4.10. The van der Waals surface area contributed by atoms with Crippen LogP contribution in [0.5, 0.6) is 0 Å². The number of hydrogen-bond acceptors (Lipinski definition) is 5. The van der Waals surface area contributed by atoms with Crippen molar-refractivity contribution in [2.45, 2.75) is 31.7 Å². The number of carbonyl (C=O) groups is 3. The third-order valence-corrected chi connectivity index (χ3v) is 5.74. The van der Waals surface area contributed by atoms with Gasteiger partial charge < -0.3 is 15.5 Å². The Morgan fingerprint density at radius 2 is 1.86 bits per heavy atom. The Balaban J connectivity index is 1.37. The molecule has 1 atom stereocenters. The van der Waals surface area contributed by atoms with Crippen LogP contribution in [0.3, 0.4) is 0 Å². The summed E-state index contributed by atoms with van der Waals surface area (Å²) in [7, 11) is 0. The minimum atomic E-state index is -0.284. The largest absolute Gasteiger partial charge is 0.354 e. The second-order valence-corrected chi connectivity index (χ2v) is 7.73. The molecule has 7 heteroatoms. The molecule has 0 saturated carbocycles.